The predicted molar refractivity (Wildman–Crippen MR) is 455 cm³/mol. The second kappa shape index (κ2) is 33.4. The van der Waals surface area contributed by atoms with Crippen molar-refractivity contribution in [1.82, 2.24) is 82.2 Å². The maximum atomic E-state index is 12.5. The van der Waals surface area contributed by atoms with Crippen LogP contribution >= 0.6 is 0 Å². The van der Waals surface area contributed by atoms with Gasteiger partial charge in [-0.25, -0.2) is 48.9 Å². The topological polar surface area (TPSA) is 564 Å². The molecule has 668 valence electrons. The first kappa shape index (κ1) is 88.6. The number of nitrogens with two attached hydrogens (primary N) is 4. The van der Waals surface area contributed by atoms with E-state index in [2.05, 4.69) is 164 Å². The van der Waals surface area contributed by atoms with Crippen molar-refractivity contribution < 1.29 is 68.6 Å². The van der Waals surface area contributed by atoms with Gasteiger partial charge in [-0.05, 0) is 161 Å². The minimum Gasteiger partial charge on any atom is -0.392 e. The Balaban J connectivity index is 0.000000121. The minimum atomic E-state index is -0.893. The van der Waals surface area contributed by atoms with Crippen LogP contribution in [0, 0.1) is 59.2 Å². The number of likely N-dealkylation sites (N-methyl/N-ethyl adjacent to an activating group) is 1. The number of nitrogens with one attached hydrogen (secondary N) is 9. The highest BCUT2D eigenvalue weighted by Gasteiger charge is 2.62. The Kier molecular flexibility index (Phi) is 24.3. The number of fused-ring (bicyclic) bond motifs is 9. The van der Waals surface area contributed by atoms with Crippen molar-refractivity contribution in [2.75, 3.05) is 47.6 Å². The molecule has 122 heavy (non-hydrogen) atoms. The van der Waals surface area contributed by atoms with Crippen molar-refractivity contribution in [3.05, 3.63) is 35.7 Å². The molecule has 0 saturated heterocycles. The van der Waals surface area contributed by atoms with Crippen molar-refractivity contribution in [1.29, 1.82) is 0 Å². The average molecular weight is 1700 g/mol. The molecule has 30 unspecified atom stereocenters. The molecule has 7 aliphatic carbocycles. The number of carbonyl (C=O) groups excluding carboxylic acids is 6. The Morgan fingerprint density at radius 3 is 1.24 bits per heavy atom. The lowest BCUT2D eigenvalue weighted by Crippen LogP contribution is -2.59. The molecular weight excluding hydrogens is 1570 g/mol. The summed E-state index contributed by atoms with van der Waals surface area (Å²) in [6.45, 7) is 31.0. The Morgan fingerprint density at radius 2 is 0.836 bits per heavy atom. The standard InChI is InChI=1S/C16H26N6O3.C15H24N6O3.2C15H23N5O2.C10H16N4O.C9H14N4O/c1-16(2,3)22-6-21(10-13(22)19-15(17)20-14(10)25)5-18-9-7-4-8(7)11(23)12(9)24;1-15(2,3)21-7-20(6-17-8-4-5-9(22)11(8)23)10-12(21)18-14(16)19-13(10)24;2*1-6-11(8-3-9(8)12(6)21)17-4-7-5-20(2)13-10(7)14(22)19-15(16)18-13;1-10(2,3)14-6-11-7-8(14)12-5-13(4)9(7)15;1-9(2,3)13-5-12-6-7(13)10-4-11-8(6)14/h6-13,18,23-24H,4-5H2,1-3H3,(H2-,17,19,20,25);4-5,7-12,17,22-23H,6H2,1-3H3,(H2-,16,18,19,24);2*5-6,8-13,17,21H,3-4H2,1-2H3,(H3,16,18,19,22);5-8H,1-4H3;4-7H,1-3H3,(H,10,11,14)/p+2. The normalized spacial score (nSPS) is 39.5. The number of rotatable bonds is 12. The minimum absolute atomic E-state index is 0.0120. The van der Waals surface area contributed by atoms with Gasteiger partial charge in [0, 0.05) is 75.8 Å². The van der Waals surface area contributed by atoms with E-state index in [-0.39, 0.29) is 178 Å². The maximum Gasteiger partial charge on any atom is 0.278 e. The fourth-order valence-corrected chi connectivity index (χ4v) is 19.9. The molecule has 12 heterocycles. The van der Waals surface area contributed by atoms with Gasteiger partial charge in [0.15, 0.2) is 48.3 Å². The summed E-state index contributed by atoms with van der Waals surface area (Å²) in [5, 5.41) is 86.4. The summed E-state index contributed by atoms with van der Waals surface area (Å²) >= 11 is 0. The maximum absolute atomic E-state index is 12.5. The van der Waals surface area contributed by atoms with Crippen LogP contribution in [0.2, 0.25) is 0 Å². The molecule has 42 nitrogen and oxygen atoms in total. The number of aliphatic hydroxyl groups is 6. The van der Waals surface area contributed by atoms with Crippen LogP contribution in [0.15, 0.2) is 75.6 Å². The molecule has 19 rings (SSSR count). The van der Waals surface area contributed by atoms with E-state index in [4.69, 9.17) is 22.9 Å². The number of amides is 6. The predicted octanol–water partition coefficient (Wildman–Crippen LogP) is -7.02. The largest absolute Gasteiger partial charge is 0.392 e. The van der Waals surface area contributed by atoms with Gasteiger partial charge in [-0.1, -0.05) is 26.0 Å². The number of nitrogens with zero attached hydrogens (tertiary/aromatic N) is 17. The van der Waals surface area contributed by atoms with Crippen LogP contribution in [0.1, 0.15) is 116 Å². The zero-order valence-electron chi connectivity index (χ0n) is 72.6. The fraction of sp³-hybridized carbons (Fsp3) is 0.725. The van der Waals surface area contributed by atoms with Gasteiger partial charge >= 0.3 is 0 Å². The number of carbonyl (C=O) groups is 6. The molecule has 12 aliphatic heterocycles. The highest BCUT2D eigenvalue weighted by Crippen LogP contribution is 2.56. The first-order chi connectivity index (χ1) is 57.2. The Labute approximate surface area is 710 Å². The lowest BCUT2D eigenvalue weighted by Gasteiger charge is -2.37. The first-order valence-electron chi connectivity index (χ1n) is 42.4. The molecule has 6 saturated carbocycles. The van der Waals surface area contributed by atoms with Crippen LogP contribution in [0.4, 0.5) is 0 Å². The molecule has 23 N–H and O–H groups in total. The first-order valence-corrected chi connectivity index (χ1v) is 42.4. The third kappa shape index (κ3) is 17.5. The van der Waals surface area contributed by atoms with Gasteiger partial charge in [-0.3, -0.25) is 70.7 Å². The molecule has 0 spiro atoms. The quantitative estimate of drug-likeness (QED) is 0.0638. The van der Waals surface area contributed by atoms with Crippen LogP contribution in [-0.2, 0) is 28.8 Å². The van der Waals surface area contributed by atoms with Crippen molar-refractivity contribution in [2.24, 2.45) is 122 Å². The lowest BCUT2D eigenvalue weighted by molar-refractivity contribution is -0.548. The van der Waals surface area contributed by atoms with E-state index in [0.29, 0.717) is 68.1 Å². The van der Waals surface area contributed by atoms with E-state index in [9.17, 15) is 59.4 Å². The van der Waals surface area contributed by atoms with Gasteiger partial charge in [-0.15, -0.1) is 0 Å². The molecule has 0 aromatic carbocycles. The van der Waals surface area contributed by atoms with E-state index < -0.39 is 42.7 Å². The summed E-state index contributed by atoms with van der Waals surface area (Å²) in [4.78, 5) is 120. The molecule has 6 fully saturated rings. The summed E-state index contributed by atoms with van der Waals surface area (Å²) in [7, 11) is 5.54. The Morgan fingerprint density at radius 1 is 0.434 bits per heavy atom. The highest BCUT2D eigenvalue weighted by molar-refractivity contribution is 6.04. The van der Waals surface area contributed by atoms with Gasteiger partial charge < -0.3 is 94.0 Å². The second-order valence-corrected chi connectivity index (χ2v) is 39.4. The van der Waals surface area contributed by atoms with Crippen molar-refractivity contribution in [3.8, 4) is 0 Å². The van der Waals surface area contributed by atoms with Gasteiger partial charge in [0.1, 0.15) is 43.6 Å². The smallest absolute Gasteiger partial charge is 0.278 e. The van der Waals surface area contributed by atoms with Crippen molar-refractivity contribution in [2.45, 2.75) is 260 Å². The van der Waals surface area contributed by atoms with Crippen molar-refractivity contribution >= 4 is 97.3 Å². The van der Waals surface area contributed by atoms with Crippen LogP contribution in [0.3, 0.4) is 0 Å². The van der Waals surface area contributed by atoms with Crippen LogP contribution < -0.4 is 70.8 Å². The molecule has 42 heteroatoms. The Bertz CT molecular complexity index is 4400. The summed E-state index contributed by atoms with van der Waals surface area (Å²) < 4.78 is 3.74. The van der Waals surface area contributed by atoms with Crippen LogP contribution in [0.25, 0.3) is 0 Å². The molecule has 0 radical (unpaired) electrons. The molecule has 0 aromatic heterocycles. The number of aliphatic imine (C=N–C) groups is 8. The van der Waals surface area contributed by atoms with E-state index >= 15 is 0 Å². The molecule has 0 bridgehead atoms. The highest BCUT2D eigenvalue weighted by atomic mass is 16.3. The van der Waals surface area contributed by atoms with Gasteiger partial charge in [0.25, 0.3) is 23.6 Å². The third-order valence-corrected chi connectivity index (χ3v) is 26.8. The summed E-state index contributed by atoms with van der Waals surface area (Å²) in [6.07, 6.45) is 15.6. The number of guanidine groups is 4. The number of hydrogen-bond acceptors (Lipinski definition) is 34. The van der Waals surface area contributed by atoms with Gasteiger partial charge in [0.05, 0.1) is 73.0 Å². The second-order valence-electron chi connectivity index (χ2n) is 39.4. The average Bonchev–Trinajstić information content (AvgIpc) is 1.58. The Hall–Kier alpha value is -9.66. The monoisotopic (exact) mass is 1700 g/mol. The van der Waals surface area contributed by atoms with Crippen LogP contribution in [0.5, 0.6) is 0 Å². The van der Waals surface area contributed by atoms with Crippen LogP contribution in [-0.4, -0.2) is 363 Å². The van der Waals surface area contributed by atoms with Gasteiger partial charge in [-0.2, -0.15) is 0 Å². The van der Waals surface area contributed by atoms with E-state index in [1.165, 1.54) is 11.2 Å². The summed E-state index contributed by atoms with van der Waals surface area (Å²) in [5.41, 5.74) is 24.2. The molecule has 19 aliphatic rings. The molecule has 0 aromatic rings. The lowest BCUT2D eigenvalue weighted by atomic mass is 9.95. The van der Waals surface area contributed by atoms with E-state index in [1.54, 1.807) is 38.2 Å². The number of aliphatic hydroxyl groups excluding tert-OH is 6. The zero-order valence-corrected chi connectivity index (χ0v) is 72.6. The molecule has 6 amide bonds. The molecule has 30 atom stereocenters. The summed E-state index contributed by atoms with van der Waals surface area (Å²) in [6, 6.07) is -1.55. The van der Waals surface area contributed by atoms with Gasteiger partial charge in [0.2, 0.25) is 48.9 Å². The summed E-state index contributed by atoms with van der Waals surface area (Å²) in [5.74, 6) is 2.66. The number of hydrogen-bond donors (Lipinski definition) is 19. The zero-order chi connectivity index (χ0) is 88.5. The molecular formula is C80H128N30O12+2. The van der Waals surface area contributed by atoms with Crippen molar-refractivity contribution in [3.63, 3.8) is 0 Å². The van der Waals surface area contributed by atoms with E-state index in [0.717, 1.165) is 30.4 Å². The fourth-order valence-electron chi connectivity index (χ4n) is 19.9. The SMILES string of the molecule is CC(C)(C)N1C=NC2C(=O)NC=NC21.CC(C)(C)N1C=[N+](CNC2C(O)C(O)C3CC32)C2C(=O)NC(N)=NC21.CC(C)(C)N1C=[N+](CNC2C=CC(O)C2O)C2C(=O)NC(N)=NC21.CC1C(O)C2CC2C1NCC1=CN(C)C2N=C(N)NC(=O)C12.CC1C(O)C2CC2C1NCC1=CN(C)C2N=C(N)NC(=O)C12.CN1C=NC2C(N=CN2C(C)(C)C)C1=O. The van der Waals surface area contributed by atoms with E-state index in [1.807, 2.05) is 98.5 Å². The third-order valence-electron chi connectivity index (χ3n) is 26.8.